The third-order valence-corrected chi connectivity index (χ3v) is 5.37. The summed E-state index contributed by atoms with van der Waals surface area (Å²) < 4.78 is 0. The third kappa shape index (κ3) is 3.61. The van der Waals surface area contributed by atoms with Gasteiger partial charge in [-0.2, -0.15) is 0 Å². The third-order valence-electron chi connectivity index (χ3n) is 5.02. The molecule has 1 aliphatic rings. The van der Waals surface area contributed by atoms with E-state index in [0.717, 1.165) is 11.6 Å². The number of hydrogen-bond donors (Lipinski definition) is 1. The van der Waals surface area contributed by atoms with Crippen molar-refractivity contribution in [2.75, 3.05) is 20.6 Å². The van der Waals surface area contributed by atoms with E-state index in [0.29, 0.717) is 6.04 Å². The Kier molecular flexibility index (Phi) is 6.09. The summed E-state index contributed by atoms with van der Waals surface area (Å²) in [7, 11) is 4.46. The van der Waals surface area contributed by atoms with Crippen LogP contribution in [-0.4, -0.2) is 31.1 Å². The largest absolute Gasteiger partial charge is 0.309 e. The predicted molar refractivity (Wildman–Crippen MR) is 92.0 cm³/mol. The van der Waals surface area contributed by atoms with Crippen LogP contribution in [0.3, 0.4) is 0 Å². The molecule has 1 aromatic rings. The maximum absolute atomic E-state index is 6.52. The molecule has 0 amide bonds. The Morgan fingerprint density at radius 2 is 1.76 bits per heavy atom. The smallest absolute Gasteiger partial charge is 0.0521 e. The second-order valence-corrected chi connectivity index (χ2v) is 6.83. The molecule has 0 aliphatic heterocycles. The standard InChI is InChI=1S/C18H29ClN2/c1-4-20-17(15-11-7-8-12-16(15)19)18(21(2)3)13-9-5-6-10-14-18/h7-8,11-12,17,20H,4-6,9-10,13-14H2,1-3H3. The van der Waals surface area contributed by atoms with Gasteiger partial charge in [0, 0.05) is 10.6 Å². The molecule has 118 valence electrons. The summed E-state index contributed by atoms with van der Waals surface area (Å²) in [6.45, 7) is 3.15. The van der Waals surface area contributed by atoms with Crippen LogP contribution in [0.25, 0.3) is 0 Å². The van der Waals surface area contributed by atoms with Crippen molar-refractivity contribution in [3.8, 4) is 0 Å². The van der Waals surface area contributed by atoms with Crippen molar-refractivity contribution < 1.29 is 0 Å². The maximum atomic E-state index is 6.52. The first kappa shape index (κ1) is 16.8. The van der Waals surface area contributed by atoms with Crippen LogP contribution in [0.15, 0.2) is 24.3 Å². The lowest BCUT2D eigenvalue weighted by molar-refractivity contribution is 0.0807. The topological polar surface area (TPSA) is 15.3 Å². The van der Waals surface area contributed by atoms with Crippen molar-refractivity contribution in [1.29, 1.82) is 0 Å². The minimum absolute atomic E-state index is 0.164. The summed E-state index contributed by atoms with van der Waals surface area (Å²) in [5.74, 6) is 0. The molecule has 1 aliphatic carbocycles. The Hall–Kier alpha value is -0.570. The van der Waals surface area contributed by atoms with Crippen molar-refractivity contribution in [3.63, 3.8) is 0 Å². The highest BCUT2D eigenvalue weighted by atomic mass is 35.5. The van der Waals surface area contributed by atoms with Crippen molar-refractivity contribution >= 4 is 11.6 Å². The van der Waals surface area contributed by atoms with Gasteiger partial charge >= 0.3 is 0 Å². The molecular formula is C18H29ClN2. The first-order valence-electron chi connectivity index (χ1n) is 8.27. The monoisotopic (exact) mass is 308 g/mol. The van der Waals surface area contributed by atoms with Crippen LogP contribution in [0.2, 0.25) is 5.02 Å². The fourth-order valence-corrected chi connectivity index (χ4v) is 4.08. The minimum atomic E-state index is 0.164. The summed E-state index contributed by atoms with van der Waals surface area (Å²) in [5.41, 5.74) is 1.41. The quantitative estimate of drug-likeness (QED) is 0.797. The minimum Gasteiger partial charge on any atom is -0.309 e. The second-order valence-electron chi connectivity index (χ2n) is 6.42. The Morgan fingerprint density at radius 1 is 1.14 bits per heavy atom. The Labute approximate surface area is 134 Å². The number of benzene rings is 1. The van der Waals surface area contributed by atoms with Crippen molar-refractivity contribution in [2.24, 2.45) is 0 Å². The highest BCUT2D eigenvalue weighted by molar-refractivity contribution is 6.31. The maximum Gasteiger partial charge on any atom is 0.0521 e. The zero-order valence-electron chi connectivity index (χ0n) is 13.7. The molecular weight excluding hydrogens is 280 g/mol. The van der Waals surface area contributed by atoms with Crippen LogP contribution in [0.1, 0.15) is 57.1 Å². The van der Waals surface area contributed by atoms with E-state index in [4.69, 9.17) is 11.6 Å². The van der Waals surface area contributed by atoms with Gasteiger partial charge in [0.05, 0.1) is 6.04 Å². The van der Waals surface area contributed by atoms with Crippen LogP contribution in [0, 0.1) is 0 Å². The molecule has 0 saturated heterocycles. The van der Waals surface area contributed by atoms with Gasteiger partial charge in [-0.15, -0.1) is 0 Å². The number of nitrogens with one attached hydrogen (secondary N) is 1. The van der Waals surface area contributed by atoms with Gasteiger partial charge in [-0.05, 0) is 45.1 Å². The Morgan fingerprint density at radius 3 is 2.29 bits per heavy atom. The molecule has 2 nitrogen and oxygen atoms in total. The van der Waals surface area contributed by atoms with Crippen molar-refractivity contribution in [2.45, 2.75) is 57.0 Å². The zero-order valence-corrected chi connectivity index (χ0v) is 14.4. The summed E-state index contributed by atoms with van der Waals surface area (Å²) in [4.78, 5) is 2.44. The van der Waals surface area contributed by atoms with E-state index in [1.165, 1.54) is 44.1 Å². The van der Waals surface area contributed by atoms with Gasteiger partial charge < -0.3 is 10.2 Å². The molecule has 2 rings (SSSR count). The summed E-state index contributed by atoms with van der Waals surface area (Å²) in [5, 5.41) is 4.62. The first-order valence-corrected chi connectivity index (χ1v) is 8.65. The Balaban J connectivity index is 2.43. The molecule has 1 aromatic carbocycles. The van der Waals surface area contributed by atoms with E-state index in [9.17, 15) is 0 Å². The normalized spacial score (nSPS) is 20.2. The molecule has 0 bridgehead atoms. The van der Waals surface area contributed by atoms with Crippen LogP contribution in [0.4, 0.5) is 0 Å². The van der Waals surface area contributed by atoms with E-state index in [-0.39, 0.29) is 5.54 Å². The number of hydrogen-bond acceptors (Lipinski definition) is 2. The fourth-order valence-electron chi connectivity index (χ4n) is 3.84. The van der Waals surface area contributed by atoms with E-state index in [2.05, 4.69) is 43.4 Å². The molecule has 0 aromatic heterocycles. The van der Waals surface area contributed by atoms with E-state index in [1.807, 2.05) is 12.1 Å². The molecule has 1 atom stereocenters. The van der Waals surface area contributed by atoms with Crippen molar-refractivity contribution in [3.05, 3.63) is 34.9 Å². The molecule has 3 heteroatoms. The summed E-state index contributed by atoms with van der Waals surface area (Å²) in [6, 6.07) is 8.62. The molecule has 0 heterocycles. The first-order chi connectivity index (χ1) is 10.1. The highest BCUT2D eigenvalue weighted by Crippen LogP contribution is 2.42. The molecule has 21 heavy (non-hydrogen) atoms. The molecule has 1 unspecified atom stereocenters. The van der Waals surface area contributed by atoms with Crippen molar-refractivity contribution in [1.82, 2.24) is 10.2 Å². The zero-order chi connectivity index (χ0) is 15.3. The van der Waals surface area contributed by atoms with Gasteiger partial charge in [0.15, 0.2) is 0 Å². The van der Waals surface area contributed by atoms with Crippen LogP contribution in [-0.2, 0) is 0 Å². The average molecular weight is 309 g/mol. The Bertz CT molecular complexity index is 437. The lowest BCUT2D eigenvalue weighted by atomic mass is 9.78. The summed E-state index contributed by atoms with van der Waals surface area (Å²) in [6.07, 6.45) is 7.81. The van der Waals surface area contributed by atoms with Gasteiger partial charge in [0.2, 0.25) is 0 Å². The molecule has 1 saturated carbocycles. The lowest BCUT2D eigenvalue weighted by Gasteiger charge is -2.46. The van der Waals surface area contributed by atoms with E-state index >= 15 is 0 Å². The van der Waals surface area contributed by atoms with Crippen LogP contribution in [0.5, 0.6) is 0 Å². The van der Waals surface area contributed by atoms with Gasteiger partial charge in [-0.3, -0.25) is 0 Å². The fraction of sp³-hybridized carbons (Fsp3) is 0.667. The number of rotatable bonds is 5. The van der Waals surface area contributed by atoms with Gasteiger partial charge in [-0.25, -0.2) is 0 Å². The van der Waals surface area contributed by atoms with E-state index < -0.39 is 0 Å². The number of nitrogens with zero attached hydrogens (tertiary/aromatic N) is 1. The average Bonchev–Trinajstić information content (AvgIpc) is 2.72. The van der Waals surface area contributed by atoms with Gasteiger partial charge in [0.25, 0.3) is 0 Å². The number of halogens is 1. The van der Waals surface area contributed by atoms with Crippen LogP contribution >= 0.6 is 11.6 Å². The van der Waals surface area contributed by atoms with Gasteiger partial charge in [0.1, 0.15) is 0 Å². The van der Waals surface area contributed by atoms with Crippen LogP contribution < -0.4 is 5.32 Å². The molecule has 0 spiro atoms. The molecule has 0 radical (unpaired) electrons. The van der Waals surface area contributed by atoms with Gasteiger partial charge in [-0.1, -0.05) is 62.4 Å². The second kappa shape index (κ2) is 7.62. The molecule has 1 fully saturated rings. The molecule has 1 N–H and O–H groups in total. The highest BCUT2D eigenvalue weighted by Gasteiger charge is 2.41. The summed E-state index contributed by atoms with van der Waals surface area (Å²) >= 11 is 6.52. The predicted octanol–water partition coefficient (Wildman–Crippen LogP) is 4.65. The number of likely N-dealkylation sites (N-methyl/N-ethyl adjacent to an activating group) is 2. The van der Waals surface area contributed by atoms with E-state index in [1.54, 1.807) is 0 Å². The lowest BCUT2D eigenvalue weighted by Crippen LogP contribution is -2.53. The SMILES string of the molecule is CCNC(c1ccccc1Cl)C1(N(C)C)CCCCCC1.